The maximum absolute atomic E-state index is 11.8. The molecular formula is C14H22N2O. The average Bonchev–Trinajstić information content (AvgIpc) is 2.34. The fourth-order valence-electron chi connectivity index (χ4n) is 1.61. The van der Waals surface area contributed by atoms with Gasteiger partial charge in [-0.05, 0) is 39.4 Å². The van der Waals surface area contributed by atoms with Crippen LogP contribution in [0.1, 0.15) is 35.2 Å². The highest BCUT2D eigenvalue weighted by Crippen LogP contribution is 2.07. The van der Waals surface area contributed by atoms with Gasteiger partial charge in [0.25, 0.3) is 0 Å². The van der Waals surface area contributed by atoms with E-state index in [9.17, 15) is 4.79 Å². The Hall–Kier alpha value is -1.19. The Balaban J connectivity index is 2.19. The lowest BCUT2D eigenvalue weighted by molar-refractivity contribution is 0.0980. The number of carbonyl (C=O) groups excluding carboxylic acids is 1. The van der Waals surface area contributed by atoms with Gasteiger partial charge in [0.2, 0.25) is 0 Å². The molecule has 0 aromatic heterocycles. The molecule has 1 rings (SSSR count). The minimum Gasteiger partial charge on any atom is -0.330 e. The van der Waals surface area contributed by atoms with Gasteiger partial charge in [0.1, 0.15) is 0 Å². The molecule has 3 N–H and O–H groups in total. The first-order valence-electron chi connectivity index (χ1n) is 6.24. The van der Waals surface area contributed by atoms with Crippen LogP contribution < -0.4 is 11.1 Å². The molecule has 0 amide bonds. The van der Waals surface area contributed by atoms with Crippen LogP contribution in [0.3, 0.4) is 0 Å². The molecule has 0 spiro atoms. The third kappa shape index (κ3) is 5.61. The van der Waals surface area contributed by atoms with Crippen LogP contribution in [0.15, 0.2) is 24.3 Å². The smallest absolute Gasteiger partial charge is 0.162 e. The molecule has 0 unspecified atom stereocenters. The number of carbonyl (C=O) groups is 1. The molecule has 1 aromatic rings. The van der Waals surface area contributed by atoms with Crippen molar-refractivity contribution in [3.63, 3.8) is 0 Å². The molecule has 0 saturated heterocycles. The normalized spacial score (nSPS) is 10.5. The van der Waals surface area contributed by atoms with Crippen molar-refractivity contribution < 1.29 is 4.79 Å². The highest BCUT2D eigenvalue weighted by Gasteiger charge is 2.04. The van der Waals surface area contributed by atoms with Gasteiger partial charge in [0.05, 0.1) is 0 Å². The Morgan fingerprint density at radius 1 is 1.18 bits per heavy atom. The van der Waals surface area contributed by atoms with Crippen LogP contribution >= 0.6 is 0 Å². The van der Waals surface area contributed by atoms with Gasteiger partial charge in [0, 0.05) is 12.0 Å². The monoisotopic (exact) mass is 234 g/mol. The lowest BCUT2D eigenvalue weighted by atomic mass is 10.1. The average molecular weight is 234 g/mol. The van der Waals surface area contributed by atoms with E-state index in [4.69, 9.17) is 5.73 Å². The zero-order chi connectivity index (χ0) is 12.5. The number of hydrogen-bond donors (Lipinski definition) is 2. The number of nitrogens with two attached hydrogens (primary N) is 1. The molecule has 0 aliphatic rings. The van der Waals surface area contributed by atoms with E-state index in [0.717, 1.165) is 38.0 Å². The van der Waals surface area contributed by atoms with Crippen molar-refractivity contribution in [2.24, 2.45) is 5.73 Å². The molecule has 94 valence electrons. The van der Waals surface area contributed by atoms with E-state index in [-0.39, 0.29) is 5.78 Å². The van der Waals surface area contributed by atoms with Gasteiger partial charge in [0.15, 0.2) is 5.78 Å². The van der Waals surface area contributed by atoms with Crippen molar-refractivity contribution >= 4 is 5.78 Å². The molecule has 0 heterocycles. The lowest BCUT2D eigenvalue weighted by Crippen LogP contribution is -2.20. The predicted molar refractivity (Wildman–Crippen MR) is 71.3 cm³/mol. The molecule has 0 radical (unpaired) electrons. The summed E-state index contributed by atoms with van der Waals surface area (Å²) in [4.78, 5) is 11.8. The SMILES string of the molecule is Cc1ccc(C(=O)CCCNCCCN)cc1. The van der Waals surface area contributed by atoms with Gasteiger partial charge < -0.3 is 11.1 Å². The van der Waals surface area contributed by atoms with Gasteiger partial charge in [-0.15, -0.1) is 0 Å². The van der Waals surface area contributed by atoms with Crippen molar-refractivity contribution in [3.05, 3.63) is 35.4 Å². The minimum atomic E-state index is 0.227. The summed E-state index contributed by atoms with van der Waals surface area (Å²) in [7, 11) is 0. The third-order valence-electron chi connectivity index (χ3n) is 2.69. The zero-order valence-corrected chi connectivity index (χ0v) is 10.5. The Kier molecular flexibility index (Phi) is 6.51. The topological polar surface area (TPSA) is 55.1 Å². The summed E-state index contributed by atoms with van der Waals surface area (Å²) < 4.78 is 0. The van der Waals surface area contributed by atoms with Crippen LogP contribution in [0, 0.1) is 6.92 Å². The van der Waals surface area contributed by atoms with E-state index < -0.39 is 0 Å². The van der Waals surface area contributed by atoms with E-state index in [1.807, 2.05) is 31.2 Å². The van der Waals surface area contributed by atoms with Crippen molar-refractivity contribution in [1.29, 1.82) is 0 Å². The van der Waals surface area contributed by atoms with Gasteiger partial charge >= 0.3 is 0 Å². The number of aryl methyl sites for hydroxylation is 1. The van der Waals surface area contributed by atoms with Crippen LogP contribution in [0.5, 0.6) is 0 Å². The van der Waals surface area contributed by atoms with Crippen LogP contribution in [0.4, 0.5) is 0 Å². The molecule has 3 nitrogen and oxygen atoms in total. The molecular weight excluding hydrogens is 212 g/mol. The van der Waals surface area contributed by atoms with Crippen molar-refractivity contribution in [2.45, 2.75) is 26.2 Å². The van der Waals surface area contributed by atoms with Crippen molar-refractivity contribution in [3.8, 4) is 0 Å². The number of rotatable bonds is 8. The second-order valence-electron chi connectivity index (χ2n) is 4.28. The molecule has 0 aliphatic carbocycles. The largest absolute Gasteiger partial charge is 0.330 e. The summed E-state index contributed by atoms with van der Waals surface area (Å²) in [5.74, 6) is 0.227. The second-order valence-corrected chi connectivity index (χ2v) is 4.28. The quantitative estimate of drug-likeness (QED) is 0.533. The molecule has 0 saturated carbocycles. The fourth-order valence-corrected chi connectivity index (χ4v) is 1.61. The first-order chi connectivity index (χ1) is 8.24. The summed E-state index contributed by atoms with van der Waals surface area (Å²) in [6.07, 6.45) is 2.49. The predicted octanol–water partition coefficient (Wildman–Crippen LogP) is 1.90. The van der Waals surface area contributed by atoms with Gasteiger partial charge in [-0.25, -0.2) is 0 Å². The molecule has 0 atom stereocenters. The fraction of sp³-hybridized carbons (Fsp3) is 0.500. The Morgan fingerprint density at radius 3 is 2.47 bits per heavy atom. The second kappa shape index (κ2) is 7.98. The van der Waals surface area contributed by atoms with E-state index in [0.29, 0.717) is 6.42 Å². The Labute approximate surface area is 103 Å². The molecule has 0 aliphatic heterocycles. The first kappa shape index (κ1) is 13.9. The van der Waals surface area contributed by atoms with Crippen molar-refractivity contribution in [1.82, 2.24) is 5.32 Å². The summed E-state index contributed by atoms with van der Waals surface area (Å²) in [5, 5.41) is 3.27. The highest BCUT2D eigenvalue weighted by atomic mass is 16.1. The Bertz CT molecular complexity index is 333. The van der Waals surface area contributed by atoms with Crippen LogP contribution in [0.2, 0.25) is 0 Å². The molecule has 1 aromatic carbocycles. The standard InChI is InChI=1S/C14H22N2O/c1-12-5-7-13(8-6-12)14(17)4-2-10-16-11-3-9-15/h5-8,16H,2-4,9-11,15H2,1H3. The maximum Gasteiger partial charge on any atom is 0.162 e. The first-order valence-corrected chi connectivity index (χ1v) is 6.24. The van der Waals surface area contributed by atoms with Gasteiger partial charge in [-0.3, -0.25) is 4.79 Å². The number of hydrogen-bond acceptors (Lipinski definition) is 3. The molecule has 0 fully saturated rings. The summed E-state index contributed by atoms with van der Waals surface area (Å²) in [5.41, 5.74) is 7.39. The number of nitrogens with one attached hydrogen (secondary N) is 1. The van der Waals surface area contributed by atoms with E-state index in [1.54, 1.807) is 0 Å². The highest BCUT2D eigenvalue weighted by molar-refractivity contribution is 5.96. The van der Waals surface area contributed by atoms with Crippen LogP contribution in [-0.4, -0.2) is 25.4 Å². The van der Waals surface area contributed by atoms with Crippen LogP contribution in [0.25, 0.3) is 0 Å². The molecule has 3 heteroatoms. The molecule has 17 heavy (non-hydrogen) atoms. The zero-order valence-electron chi connectivity index (χ0n) is 10.5. The van der Waals surface area contributed by atoms with Crippen molar-refractivity contribution in [2.75, 3.05) is 19.6 Å². The maximum atomic E-state index is 11.8. The Morgan fingerprint density at radius 2 is 1.82 bits per heavy atom. The summed E-state index contributed by atoms with van der Waals surface area (Å²) in [6.45, 7) is 4.57. The summed E-state index contributed by atoms with van der Waals surface area (Å²) >= 11 is 0. The van der Waals surface area contributed by atoms with Gasteiger partial charge in [-0.1, -0.05) is 29.8 Å². The van der Waals surface area contributed by atoms with Crippen LogP contribution in [-0.2, 0) is 0 Å². The lowest BCUT2D eigenvalue weighted by Gasteiger charge is -2.04. The summed E-state index contributed by atoms with van der Waals surface area (Å²) in [6, 6.07) is 7.76. The number of benzene rings is 1. The van der Waals surface area contributed by atoms with E-state index in [2.05, 4.69) is 5.32 Å². The van der Waals surface area contributed by atoms with E-state index in [1.165, 1.54) is 5.56 Å². The number of Topliss-reactive ketones (excluding diaryl/α,β-unsaturated/α-hetero) is 1. The molecule has 0 bridgehead atoms. The minimum absolute atomic E-state index is 0.227. The third-order valence-corrected chi connectivity index (χ3v) is 2.69. The van der Waals surface area contributed by atoms with Gasteiger partial charge in [-0.2, -0.15) is 0 Å². The van der Waals surface area contributed by atoms with E-state index >= 15 is 0 Å². The number of ketones is 1.